The molecular weight excluding hydrogens is 403 g/mol. The summed E-state index contributed by atoms with van der Waals surface area (Å²) in [5.41, 5.74) is 10.4. The zero-order chi connectivity index (χ0) is 22.6. The largest absolute Gasteiger partial charge is 0.396 e. The first-order valence-electron chi connectivity index (χ1n) is 9.94. The fourth-order valence-electron chi connectivity index (χ4n) is 2.67. The number of amides is 1. The van der Waals surface area contributed by atoms with Crippen molar-refractivity contribution in [3.8, 4) is 11.3 Å². The van der Waals surface area contributed by atoms with E-state index in [4.69, 9.17) is 15.3 Å². The number of nitrogens with one attached hydrogen (secondary N) is 2. The Balaban J connectivity index is 2.27. The highest BCUT2D eigenvalue weighted by Gasteiger charge is 2.22. The van der Waals surface area contributed by atoms with Crippen LogP contribution in [0.15, 0.2) is 42.7 Å². The van der Waals surface area contributed by atoms with Gasteiger partial charge in [0, 0.05) is 31.5 Å². The van der Waals surface area contributed by atoms with Gasteiger partial charge in [-0.1, -0.05) is 13.5 Å². The number of pyridine rings is 2. The highest BCUT2D eigenvalue weighted by Crippen LogP contribution is 2.26. The lowest BCUT2D eigenvalue weighted by Crippen LogP contribution is -2.40. The van der Waals surface area contributed by atoms with Crippen LogP contribution in [-0.2, 0) is 14.4 Å². The van der Waals surface area contributed by atoms with Gasteiger partial charge in [0.05, 0.1) is 37.3 Å². The van der Waals surface area contributed by atoms with Crippen LogP contribution < -0.4 is 21.4 Å². The van der Waals surface area contributed by atoms with E-state index in [1.807, 2.05) is 6.92 Å². The van der Waals surface area contributed by atoms with Gasteiger partial charge in [-0.2, -0.15) is 4.39 Å². The third-order valence-electron chi connectivity index (χ3n) is 4.20. The molecule has 0 atom stereocenters. The van der Waals surface area contributed by atoms with Crippen LogP contribution in [0.1, 0.15) is 13.3 Å². The van der Waals surface area contributed by atoms with Crippen LogP contribution in [0, 0.1) is 5.95 Å². The molecule has 0 saturated carbocycles. The van der Waals surface area contributed by atoms with E-state index in [2.05, 4.69) is 27.3 Å². The van der Waals surface area contributed by atoms with Crippen molar-refractivity contribution >= 4 is 17.4 Å². The first-order chi connectivity index (χ1) is 15.0. The van der Waals surface area contributed by atoms with E-state index in [1.165, 1.54) is 24.3 Å². The predicted octanol–water partition coefficient (Wildman–Crippen LogP) is 1.88. The molecule has 10 heteroatoms. The lowest BCUT2D eigenvalue weighted by molar-refractivity contribution is -0.115. The summed E-state index contributed by atoms with van der Waals surface area (Å²) in [4.78, 5) is 27.5. The molecule has 31 heavy (non-hydrogen) atoms. The number of carbonyl (C=O) groups is 1. The molecule has 0 aliphatic carbocycles. The molecule has 0 aromatic carbocycles. The number of anilines is 2. The number of hydrogen-bond donors (Lipinski definition) is 3. The average molecular weight is 433 g/mol. The number of nitrogens with two attached hydrogens (primary N) is 1. The molecule has 0 aliphatic rings. The van der Waals surface area contributed by atoms with Crippen molar-refractivity contribution < 1.29 is 18.8 Å². The molecule has 2 heterocycles. The summed E-state index contributed by atoms with van der Waals surface area (Å²) in [6.45, 7) is 7.87. The first-order valence-corrected chi connectivity index (χ1v) is 9.94. The quantitative estimate of drug-likeness (QED) is 0.190. The molecule has 2 aromatic heterocycles. The summed E-state index contributed by atoms with van der Waals surface area (Å²) >= 11 is 0. The van der Waals surface area contributed by atoms with Gasteiger partial charge in [0.25, 0.3) is 5.91 Å². The minimum atomic E-state index is -0.588. The minimum absolute atomic E-state index is 0.184. The maximum Gasteiger partial charge on any atom is 0.275 e. The maximum absolute atomic E-state index is 13.2. The number of hydrogen-bond acceptors (Lipinski definition) is 8. The summed E-state index contributed by atoms with van der Waals surface area (Å²) in [5.74, 6) is -0.703. The van der Waals surface area contributed by atoms with Crippen molar-refractivity contribution in [1.29, 1.82) is 0 Å². The summed E-state index contributed by atoms with van der Waals surface area (Å²) in [7, 11) is 1.51. The molecule has 168 valence electrons. The Morgan fingerprint density at radius 3 is 2.74 bits per heavy atom. The molecule has 9 nitrogen and oxygen atoms in total. The average Bonchev–Trinajstić information content (AvgIpc) is 2.77. The Labute approximate surface area is 181 Å². The van der Waals surface area contributed by atoms with E-state index >= 15 is 0 Å². The van der Waals surface area contributed by atoms with E-state index in [0.717, 1.165) is 6.42 Å². The van der Waals surface area contributed by atoms with E-state index in [9.17, 15) is 9.18 Å². The fourth-order valence-corrected chi connectivity index (χ4v) is 2.67. The Hall–Kier alpha value is -3.08. The second-order valence-electron chi connectivity index (χ2n) is 6.55. The summed E-state index contributed by atoms with van der Waals surface area (Å²) in [6, 6.07) is 6.14. The Kier molecular flexibility index (Phi) is 9.82. The van der Waals surface area contributed by atoms with Crippen LogP contribution in [-0.4, -0.2) is 55.8 Å². The lowest BCUT2D eigenvalue weighted by Gasteiger charge is -2.25. The Morgan fingerprint density at radius 2 is 2.06 bits per heavy atom. The van der Waals surface area contributed by atoms with Crippen LogP contribution in [0.4, 0.5) is 15.9 Å². The van der Waals surface area contributed by atoms with Crippen molar-refractivity contribution in [2.24, 2.45) is 0 Å². The normalized spacial score (nSPS) is 10.7. The number of ether oxygens (including phenoxy) is 1. The van der Waals surface area contributed by atoms with Gasteiger partial charge in [-0.25, -0.2) is 15.4 Å². The molecule has 2 aromatic rings. The lowest BCUT2D eigenvalue weighted by atomic mass is 10.2. The first kappa shape index (κ1) is 24.2. The van der Waals surface area contributed by atoms with Gasteiger partial charge in [-0.05, 0) is 30.7 Å². The maximum atomic E-state index is 13.2. The molecule has 0 aliphatic heterocycles. The van der Waals surface area contributed by atoms with Gasteiger partial charge in [0.1, 0.15) is 0 Å². The summed E-state index contributed by atoms with van der Waals surface area (Å²) < 4.78 is 18.7. The second-order valence-corrected chi connectivity index (χ2v) is 6.55. The van der Waals surface area contributed by atoms with Crippen molar-refractivity contribution in [3.05, 3.63) is 48.7 Å². The van der Waals surface area contributed by atoms with E-state index < -0.39 is 5.95 Å². The van der Waals surface area contributed by atoms with Crippen molar-refractivity contribution in [2.45, 2.75) is 13.3 Å². The molecule has 0 bridgehead atoms. The standard InChI is InChI=1S/C21H29FN6O3/c1-4-12-31-13-11-28(21(29)15(2)24-9-10-26-30-3)20-17(23)6-7-18(27-20)16-5-8-19(22)25-14-16/h5-8,14,24,26H,2,4,9-13,23H2,1,3H3. The zero-order valence-corrected chi connectivity index (χ0v) is 17.9. The molecule has 4 N–H and O–H groups in total. The highest BCUT2D eigenvalue weighted by molar-refractivity contribution is 6.05. The Morgan fingerprint density at radius 1 is 1.26 bits per heavy atom. The van der Waals surface area contributed by atoms with Crippen LogP contribution in [0.25, 0.3) is 11.3 Å². The zero-order valence-electron chi connectivity index (χ0n) is 17.9. The van der Waals surface area contributed by atoms with Gasteiger partial charge in [-0.3, -0.25) is 9.69 Å². The van der Waals surface area contributed by atoms with E-state index in [0.29, 0.717) is 43.2 Å². The third kappa shape index (κ3) is 7.28. The molecule has 2 rings (SSSR count). The molecule has 0 fully saturated rings. The topological polar surface area (TPSA) is 115 Å². The number of nitrogens with zero attached hydrogens (tertiary/aromatic N) is 3. The van der Waals surface area contributed by atoms with Gasteiger partial charge >= 0.3 is 0 Å². The van der Waals surface area contributed by atoms with Crippen molar-refractivity contribution in [1.82, 2.24) is 20.8 Å². The molecule has 0 unspecified atom stereocenters. The van der Waals surface area contributed by atoms with Gasteiger partial charge in [0.15, 0.2) is 5.82 Å². The van der Waals surface area contributed by atoms with E-state index in [-0.39, 0.29) is 24.0 Å². The van der Waals surface area contributed by atoms with Crippen LogP contribution in [0.3, 0.4) is 0 Å². The van der Waals surface area contributed by atoms with Gasteiger partial charge in [-0.15, -0.1) is 0 Å². The fraction of sp³-hybridized carbons (Fsp3) is 0.381. The molecule has 1 amide bonds. The van der Waals surface area contributed by atoms with Gasteiger partial charge in [0.2, 0.25) is 5.95 Å². The van der Waals surface area contributed by atoms with E-state index in [1.54, 1.807) is 18.2 Å². The summed E-state index contributed by atoms with van der Waals surface area (Å²) in [5, 5.41) is 2.95. The third-order valence-corrected chi connectivity index (χ3v) is 4.20. The van der Waals surface area contributed by atoms with Crippen molar-refractivity contribution in [3.63, 3.8) is 0 Å². The van der Waals surface area contributed by atoms with Crippen molar-refractivity contribution in [2.75, 3.05) is 50.6 Å². The smallest absolute Gasteiger partial charge is 0.275 e. The number of nitrogen functional groups attached to an aromatic ring is 1. The number of hydroxylamine groups is 1. The monoisotopic (exact) mass is 432 g/mol. The molecule has 0 saturated heterocycles. The SMILES string of the molecule is C=C(NCCNOC)C(=O)N(CCOCCC)c1nc(-c2ccc(F)nc2)ccc1N. The van der Waals surface area contributed by atoms with Gasteiger partial charge < -0.3 is 20.6 Å². The number of halogens is 1. The second kappa shape index (κ2) is 12.6. The minimum Gasteiger partial charge on any atom is -0.396 e. The van der Waals surface area contributed by atoms with Crippen LogP contribution in [0.5, 0.6) is 0 Å². The molecule has 0 radical (unpaired) electrons. The van der Waals surface area contributed by atoms with Crippen LogP contribution in [0.2, 0.25) is 0 Å². The number of rotatable bonds is 13. The predicted molar refractivity (Wildman–Crippen MR) is 117 cm³/mol. The number of aromatic nitrogens is 2. The van der Waals surface area contributed by atoms with Crippen LogP contribution >= 0.6 is 0 Å². The highest BCUT2D eigenvalue weighted by atomic mass is 19.1. The summed E-state index contributed by atoms with van der Waals surface area (Å²) in [6.07, 6.45) is 2.24. The molecule has 0 spiro atoms. The Bertz CT molecular complexity index is 863. The molecular formula is C21H29FN6O3. The number of carbonyl (C=O) groups excluding carboxylic acids is 1.